The van der Waals surface area contributed by atoms with Gasteiger partial charge in [-0.05, 0) is 28.8 Å². The summed E-state index contributed by atoms with van der Waals surface area (Å²) < 4.78 is 22.7. The summed E-state index contributed by atoms with van der Waals surface area (Å²) in [4.78, 5) is 14.8. The number of nitrogens with zero attached hydrogens (tertiary/aromatic N) is 3. The fourth-order valence-electron chi connectivity index (χ4n) is 2.47. The zero-order valence-electron chi connectivity index (χ0n) is 16.3. The summed E-state index contributed by atoms with van der Waals surface area (Å²) >= 11 is 0. The Morgan fingerprint density at radius 1 is 1.42 bits per heavy atom. The molecule has 10 heteroatoms. The monoisotopic (exact) mass is 385 g/mol. The maximum Gasteiger partial charge on any atom is 0.344 e. The summed E-state index contributed by atoms with van der Waals surface area (Å²) in [7, 11) is -2.09. The predicted octanol–water partition coefficient (Wildman–Crippen LogP) is 2.97. The van der Waals surface area contributed by atoms with Crippen LogP contribution >= 0.6 is 0 Å². The topological polar surface area (TPSA) is 123 Å². The summed E-state index contributed by atoms with van der Waals surface area (Å²) in [6.45, 7) is 13.7. The summed E-state index contributed by atoms with van der Waals surface area (Å²) in [5.41, 5.74) is 8.39. The molecular weight excluding hydrogens is 358 g/mol. The zero-order chi connectivity index (χ0) is 19.9. The van der Waals surface area contributed by atoms with Gasteiger partial charge in [-0.2, -0.15) is 0 Å². The number of rotatable bonds is 5. The molecule has 0 spiro atoms. The first-order chi connectivity index (χ1) is 11.8. The quantitative estimate of drug-likeness (QED) is 0.255. The molecule has 0 amide bonds. The second-order valence-corrected chi connectivity index (χ2v) is 13.3. The molecule has 0 aromatic heterocycles. The fraction of sp³-hybridized carbons (Fsp3) is 0.812. The van der Waals surface area contributed by atoms with E-state index in [0.29, 0.717) is 0 Å². The number of esters is 1. The number of fused-ring (bicyclic) bond motifs is 1. The van der Waals surface area contributed by atoms with Gasteiger partial charge in [-0.25, -0.2) is 4.79 Å². The highest BCUT2D eigenvalue weighted by molar-refractivity contribution is 6.74. The molecule has 2 aliphatic heterocycles. The van der Waals surface area contributed by atoms with Gasteiger partial charge in [-0.1, -0.05) is 20.8 Å². The molecule has 0 saturated carbocycles. The minimum Gasteiger partial charge on any atom is -0.464 e. The minimum absolute atomic E-state index is 0.00113. The first kappa shape index (κ1) is 20.7. The van der Waals surface area contributed by atoms with Crippen molar-refractivity contribution in [2.24, 2.45) is 5.11 Å². The lowest BCUT2D eigenvalue weighted by molar-refractivity contribution is -0.181. The molecule has 1 saturated heterocycles. The van der Waals surface area contributed by atoms with Gasteiger partial charge in [0.1, 0.15) is 11.9 Å². The van der Waals surface area contributed by atoms with E-state index in [1.54, 1.807) is 13.8 Å². The van der Waals surface area contributed by atoms with Crippen LogP contribution in [0.25, 0.3) is 10.4 Å². The first-order valence-electron chi connectivity index (χ1n) is 8.48. The number of azide groups is 1. The van der Waals surface area contributed by atoms with Gasteiger partial charge in [0.05, 0.1) is 6.61 Å². The third kappa shape index (κ3) is 4.05. The highest BCUT2D eigenvalue weighted by Crippen LogP contribution is 2.41. The molecule has 2 unspecified atom stereocenters. The number of cyclic esters (lactones) is 1. The van der Waals surface area contributed by atoms with Gasteiger partial charge >= 0.3 is 5.97 Å². The number of carbonyl (C=O) groups excluding carboxylic acids is 1. The van der Waals surface area contributed by atoms with Crippen LogP contribution in [0, 0.1) is 0 Å². The normalized spacial score (nSPS) is 26.5. The maximum atomic E-state index is 12.2. The molecule has 0 bridgehead atoms. The van der Waals surface area contributed by atoms with Gasteiger partial charge in [-0.3, -0.25) is 0 Å². The molecule has 2 aliphatic rings. The van der Waals surface area contributed by atoms with Crippen molar-refractivity contribution in [2.75, 3.05) is 6.61 Å². The van der Waals surface area contributed by atoms with Crippen LogP contribution < -0.4 is 0 Å². The van der Waals surface area contributed by atoms with E-state index in [2.05, 4.69) is 43.9 Å². The Balaban J connectivity index is 2.23. The lowest BCUT2D eigenvalue weighted by Crippen LogP contribution is -2.50. The van der Waals surface area contributed by atoms with Crippen LogP contribution in [0.4, 0.5) is 0 Å². The van der Waals surface area contributed by atoms with Crippen molar-refractivity contribution in [3.05, 3.63) is 21.9 Å². The van der Waals surface area contributed by atoms with Gasteiger partial charge in [-0.15, -0.1) is 0 Å². The minimum atomic E-state index is -2.09. The van der Waals surface area contributed by atoms with Crippen LogP contribution in [0.3, 0.4) is 0 Å². The molecule has 2 heterocycles. The van der Waals surface area contributed by atoms with Crippen LogP contribution in [-0.4, -0.2) is 50.1 Å². The van der Waals surface area contributed by atoms with E-state index in [9.17, 15) is 9.90 Å². The Bertz CT molecular complexity index is 663. The lowest BCUT2D eigenvalue weighted by atomic mass is 10.0. The average molecular weight is 385 g/mol. The van der Waals surface area contributed by atoms with Crippen LogP contribution in [-0.2, 0) is 23.4 Å². The molecule has 0 radical (unpaired) electrons. The molecule has 0 aromatic rings. The van der Waals surface area contributed by atoms with Gasteiger partial charge in [0.2, 0.25) is 5.79 Å². The standard InChI is InChI=1S/C16H27N3O6Si/c1-15(2,3)26(6,7)22-8-9(20)11-13-12(24-16(4,5)25-13)10(18-19-17)14(21)23-11/h9,11,13,20H,8H2,1-7H3/t9-,11?,13?/m0/s1. The molecule has 2 rings (SSSR count). The van der Waals surface area contributed by atoms with Crippen molar-refractivity contribution in [2.45, 2.75) is 76.8 Å². The van der Waals surface area contributed by atoms with E-state index >= 15 is 0 Å². The Labute approximate surface area is 154 Å². The Kier molecular flexibility index (Phi) is 5.47. The third-order valence-electron chi connectivity index (χ3n) is 4.94. The van der Waals surface area contributed by atoms with Crippen molar-refractivity contribution in [1.82, 2.24) is 0 Å². The second-order valence-electron chi connectivity index (χ2n) is 8.45. The van der Waals surface area contributed by atoms with E-state index in [1.165, 1.54) is 0 Å². The lowest BCUT2D eigenvalue weighted by Gasteiger charge is -2.38. The number of aliphatic hydroxyl groups is 1. The van der Waals surface area contributed by atoms with E-state index < -0.39 is 38.4 Å². The number of aliphatic hydroxyl groups excluding tert-OH is 1. The maximum absolute atomic E-state index is 12.2. The van der Waals surface area contributed by atoms with Crippen molar-refractivity contribution in [1.29, 1.82) is 0 Å². The number of ether oxygens (including phenoxy) is 3. The van der Waals surface area contributed by atoms with Gasteiger partial charge in [0.25, 0.3) is 0 Å². The van der Waals surface area contributed by atoms with Crippen molar-refractivity contribution in [3.63, 3.8) is 0 Å². The largest absolute Gasteiger partial charge is 0.464 e. The summed E-state index contributed by atoms with van der Waals surface area (Å²) in [5.74, 6) is -1.81. The van der Waals surface area contributed by atoms with Crippen LogP contribution in [0.2, 0.25) is 18.1 Å². The molecular formula is C16H27N3O6Si. The molecule has 3 atom stereocenters. The zero-order valence-corrected chi connectivity index (χ0v) is 17.3. The van der Waals surface area contributed by atoms with Crippen LogP contribution in [0.5, 0.6) is 0 Å². The van der Waals surface area contributed by atoms with Gasteiger partial charge < -0.3 is 23.7 Å². The van der Waals surface area contributed by atoms with Crippen LogP contribution in [0.1, 0.15) is 34.6 Å². The third-order valence-corrected chi connectivity index (χ3v) is 9.44. The number of hydrogen-bond acceptors (Lipinski definition) is 7. The van der Waals surface area contributed by atoms with Crippen LogP contribution in [0.15, 0.2) is 16.6 Å². The summed E-state index contributed by atoms with van der Waals surface area (Å²) in [6, 6.07) is 0. The molecule has 146 valence electrons. The first-order valence-corrected chi connectivity index (χ1v) is 11.4. The predicted molar refractivity (Wildman–Crippen MR) is 95.2 cm³/mol. The Morgan fingerprint density at radius 3 is 2.58 bits per heavy atom. The highest BCUT2D eigenvalue weighted by Gasteiger charge is 2.52. The van der Waals surface area contributed by atoms with Crippen molar-refractivity contribution < 1.29 is 28.5 Å². The van der Waals surface area contributed by atoms with Crippen molar-refractivity contribution >= 4 is 14.3 Å². The number of carbonyl (C=O) groups is 1. The molecule has 26 heavy (non-hydrogen) atoms. The fourth-order valence-corrected chi connectivity index (χ4v) is 3.49. The molecule has 1 fully saturated rings. The molecule has 0 aliphatic carbocycles. The molecule has 9 nitrogen and oxygen atoms in total. The van der Waals surface area contributed by atoms with E-state index in [4.69, 9.17) is 24.2 Å². The highest BCUT2D eigenvalue weighted by atomic mass is 28.4. The van der Waals surface area contributed by atoms with Gasteiger partial charge in [0, 0.05) is 18.8 Å². The molecule has 1 N–H and O–H groups in total. The van der Waals surface area contributed by atoms with E-state index in [0.717, 1.165) is 0 Å². The Morgan fingerprint density at radius 2 is 2.04 bits per heavy atom. The SMILES string of the molecule is CC1(C)OC2=C(N=[N+]=[N-])C(=O)OC([C@@H](O)CO[Si](C)(C)C(C)(C)C)C2O1. The summed E-state index contributed by atoms with van der Waals surface area (Å²) in [6.07, 6.45) is -2.99. The summed E-state index contributed by atoms with van der Waals surface area (Å²) in [5, 5.41) is 13.9. The Hall–Kier alpha value is -1.58. The number of hydrogen-bond donors (Lipinski definition) is 1. The van der Waals surface area contributed by atoms with E-state index in [1.807, 2.05) is 0 Å². The molecule has 0 aromatic carbocycles. The van der Waals surface area contributed by atoms with Crippen molar-refractivity contribution in [3.8, 4) is 0 Å². The average Bonchev–Trinajstić information content (AvgIpc) is 2.81. The van der Waals surface area contributed by atoms with Gasteiger partial charge in [0.15, 0.2) is 26.2 Å². The van der Waals surface area contributed by atoms with E-state index in [-0.39, 0.29) is 23.1 Å². The second kappa shape index (κ2) is 6.86. The smallest absolute Gasteiger partial charge is 0.344 e.